The lowest BCUT2D eigenvalue weighted by Gasteiger charge is -2.33. The minimum absolute atomic E-state index is 0.0355. The van der Waals surface area contributed by atoms with Gasteiger partial charge in [-0.2, -0.15) is 0 Å². The Kier molecular flexibility index (Phi) is 9.03. The maximum absolute atomic E-state index is 12.2. The van der Waals surface area contributed by atoms with E-state index in [9.17, 15) is 9.59 Å². The van der Waals surface area contributed by atoms with E-state index in [1.165, 1.54) is 23.5 Å². The second-order valence-corrected chi connectivity index (χ2v) is 10.0. The largest absolute Gasteiger partial charge is 0.481 e. The van der Waals surface area contributed by atoms with Crippen molar-refractivity contribution in [1.82, 2.24) is 15.5 Å². The maximum atomic E-state index is 12.2. The molecule has 164 valence electrons. The van der Waals surface area contributed by atoms with E-state index in [1.54, 1.807) is 11.5 Å². The van der Waals surface area contributed by atoms with E-state index in [-0.39, 0.29) is 28.9 Å². The number of amides is 1. The highest BCUT2D eigenvalue weighted by Gasteiger charge is 2.23. The summed E-state index contributed by atoms with van der Waals surface area (Å²) in [7, 11) is 0. The average molecular weight is 492 g/mol. The molecule has 0 aliphatic carbocycles. The number of hydrogen-bond acceptors (Lipinski definition) is 7. The molecule has 11 heteroatoms. The van der Waals surface area contributed by atoms with Gasteiger partial charge in [-0.05, 0) is 17.0 Å². The van der Waals surface area contributed by atoms with Gasteiger partial charge >= 0.3 is 5.97 Å². The number of carboxylic acids is 1. The molecule has 3 rings (SSSR count). The van der Waals surface area contributed by atoms with Crippen molar-refractivity contribution < 1.29 is 19.4 Å². The number of aliphatic carboxylic acids is 1. The van der Waals surface area contributed by atoms with Crippen molar-refractivity contribution in [2.75, 3.05) is 32.0 Å². The lowest BCUT2D eigenvalue weighted by Crippen LogP contribution is -2.47. The predicted octanol–water partition coefficient (Wildman–Crippen LogP) is 2.98. The van der Waals surface area contributed by atoms with E-state index < -0.39 is 5.97 Å². The molecule has 1 saturated heterocycles. The molecule has 2 atom stereocenters. The summed E-state index contributed by atoms with van der Waals surface area (Å²) in [5, 5.41) is 17.7. The number of carbonyl (C=O) groups is 2. The van der Waals surface area contributed by atoms with Gasteiger partial charge in [0.05, 0.1) is 34.9 Å². The normalized spacial score (nSPS) is 21.7. The number of halogens is 2. The minimum Gasteiger partial charge on any atom is -0.481 e. The number of carboxylic acid groups (broad SMARTS) is 1. The van der Waals surface area contributed by atoms with Gasteiger partial charge in [-0.15, -0.1) is 11.8 Å². The van der Waals surface area contributed by atoms with E-state index in [2.05, 4.69) is 15.5 Å². The second kappa shape index (κ2) is 11.5. The molecule has 1 unspecified atom stereocenters. The van der Waals surface area contributed by atoms with Gasteiger partial charge in [0, 0.05) is 31.9 Å². The topological polar surface area (TPSA) is 90.9 Å². The van der Waals surface area contributed by atoms with E-state index >= 15 is 0 Å². The van der Waals surface area contributed by atoms with Crippen LogP contribution in [0.2, 0.25) is 10.0 Å². The van der Waals surface area contributed by atoms with Crippen molar-refractivity contribution in [3.8, 4) is 0 Å². The van der Waals surface area contributed by atoms with Gasteiger partial charge in [0.2, 0.25) is 5.91 Å². The van der Waals surface area contributed by atoms with Crippen LogP contribution in [0.1, 0.15) is 12.0 Å². The van der Waals surface area contributed by atoms with Crippen LogP contribution in [-0.4, -0.2) is 64.7 Å². The van der Waals surface area contributed by atoms with Gasteiger partial charge in [-0.3, -0.25) is 14.5 Å². The van der Waals surface area contributed by atoms with Gasteiger partial charge in [-0.1, -0.05) is 47.1 Å². The number of carbonyl (C=O) groups excluding carboxylic acids is 1. The number of ether oxygens (including phenoxy) is 1. The van der Waals surface area contributed by atoms with Crippen LogP contribution in [0, 0.1) is 0 Å². The number of thioether (sulfide) groups is 2. The van der Waals surface area contributed by atoms with Crippen molar-refractivity contribution >= 4 is 58.6 Å². The molecule has 1 aromatic rings. The number of hydrogen-bond donors (Lipinski definition) is 3. The molecule has 0 radical (unpaired) electrons. The zero-order valence-electron chi connectivity index (χ0n) is 16.1. The monoisotopic (exact) mass is 491 g/mol. The highest BCUT2D eigenvalue weighted by molar-refractivity contribution is 8.18. The van der Waals surface area contributed by atoms with Crippen LogP contribution < -0.4 is 10.6 Å². The quantitative estimate of drug-likeness (QED) is 0.485. The van der Waals surface area contributed by atoms with E-state index in [0.29, 0.717) is 42.0 Å². The molecule has 2 heterocycles. The highest BCUT2D eigenvalue weighted by atomic mass is 35.5. The zero-order valence-corrected chi connectivity index (χ0v) is 19.3. The molecule has 0 spiro atoms. The fraction of sp³-hybridized carbons (Fsp3) is 0.474. The summed E-state index contributed by atoms with van der Waals surface area (Å²) in [6, 6.07) is 5.62. The van der Waals surface area contributed by atoms with Crippen LogP contribution in [0.15, 0.2) is 29.3 Å². The van der Waals surface area contributed by atoms with Crippen LogP contribution in [-0.2, 0) is 20.9 Å². The molecule has 0 aromatic heterocycles. The summed E-state index contributed by atoms with van der Waals surface area (Å²) >= 11 is 15.3. The molecular weight excluding hydrogens is 469 g/mol. The summed E-state index contributed by atoms with van der Waals surface area (Å²) in [6.07, 6.45) is -0.125. The molecule has 2 aliphatic rings. The maximum Gasteiger partial charge on any atom is 0.309 e. The van der Waals surface area contributed by atoms with Crippen LogP contribution in [0.25, 0.3) is 0 Å². The predicted molar refractivity (Wildman–Crippen MR) is 122 cm³/mol. The summed E-state index contributed by atoms with van der Waals surface area (Å²) in [5.74, 6) is -0.669. The molecule has 0 bridgehead atoms. The number of nitrogens with one attached hydrogen (secondary N) is 2. The molecule has 1 amide bonds. The van der Waals surface area contributed by atoms with Crippen molar-refractivity contribution in [1.29, 1.82) is 0 Å². The van der Waals surface area contributed by atoms with Gasteiger partial charge in [0.25, 0.3) is 0 Å². The second-order valence-electron chi connectivity index (χ2n) is 6.88. The van der Waals surface area contributed by atoms with Crippen LogP contribution in [0.5, 0.6) is 0 Å². The fourth-order valence-electron chi connectivity index (χ4n) is 3.09. The molecular formula is C19H23Cl2N3O4S2. The highest BCUT2D eigenvalue weighted by Crippen LogP contribution is 2.30. The van der Waals surface area contributed by atoms with Crippen LogP contribution in [0.4, 0.5) is 0 Å². The van der Waals surface area contributed by atoms with Gasteiger partial charge < -0.3 is 20.5 Å². The van der Waals surface area contributed by atoms with Crippen molar-refractivity contribution in [2.45, 2.75) is 23.8 Å². The lowest BCUT2D eigenvalue weighted by molar-refractivity contribution is -0.136. The molecule has 0 saturated carbocycles. The summed E-state index contributed by atoms with van der Waals surface area (Å²) in [4.78, 5) is 25.1. The van der Waals surface area contributed by atoms with Crippen molar-refractivity contribution in [2.24, 2.45) is 0 Å². The van der Waals surface area contributed by atoms with Crippen LogP contribution in [0.3, 0.4) is 0 Å². The van der Waals surface area contributed by atoms with Crippen molar-refractivity contribution in [3.05, 3.63) is 44.9 Å². The van der Waals surface area contributed by atoms with Crippen LogP contribution >= 0.6 is 46.7 Å². The Morgan fingerprint density at radius 3 is 3.03 bits per heavy atom. The third kappa shape index (κ3) is 7.25. The summed E-state index contributed by atoms with van der Waals surface area (Å²) in [5.41, 5.74) is 1.64. The third-order valence-corrected chi connectivity index (χ3v) is 7.75. The minimum atomic E-state index is -0.878. The number of benzene rings is 1. The third-order valence-electron chi connectivity index (χ3n) is 4.52. The standard InChI is InChI=1S/C19H23Cl2N3O4S2/c20-15-3-1-2-12(18(15)21)8-24-4-5-28-14(9-24)7-22-16(25)11-30-19-23-13(10-29-19)6-17(26)27/h1-3,10,14,19,23H,4-9,11H2,(H,22,25)(H,26,27)/t14-,19?/m0/s1. The number of rotatable bonds is 9. The molecule has 7 nitrogen and oxygen atoms in total. The molecule has 3 N–H and O–H groups in total. The molecule has 1 fully saturated rings. The molecule has 1 aromatic carbocycles. The van der Waals surface area contributed by atoms with E-state index in [4.69, 9.17) is 33.0 Å². The fourth-order valence-corrected chi connectivity index (χ4v) is 5.45. The first-order valence-corrected chi connectivity index (χ1v) is 12.1. The first kappa shape index (κ1) is 23.6. The van der Waals surface area contributed by atoms with Gasteiger partial charge in [-0.25, -0.2) is 0 Å². The lowest BCUT2D eigenvalue weighted by atomic mass is 10.2. The van der Waals surface area contributed by atoms with Gasteiger partial charge in [0.1, 0.15) is 4.71 Å². The Bertz CT molecular complexity index is 812. The van der Waals surface area contributed by atoms with Gasteiger partial charge in [0.15, 0.2) is 0 Å². The molecule has 2 aliphatic heterocycles. The Hall–Kier alpha value is -1.10. The average Bonchev–Trinajstić information content (AvgIpc) is 3.15. The van der Waals surface area contributed by atoms with E-state index in [0.717, 1.165) is 12.1 Å². The SMILES string of the molecule is O=C(O)CC1=CSC(SCC(=O)NC[C@H]2CN(Cc3cccc(Cl)c3Cl)CCO2)N1. The Labute approximate surface area is 193 Å². The Morgan fingerprint density at radius 2 is 2.23 bits per heavy atom. The smallest absolute Gasteiger partial charge is 0.309 e. The Morgan fingerprint density at radius 1 is 1.40 bits per heavy atom. The number of nitrogens with zero attached hydrogens (tertiary/aromatic N) is 1. The summed E-state index contributed by atoms with van der Waals surface area (Å²) in [6.45, 7) is 3.19. The van der Waals surface area contributed by atoms with Crippen molar-refractivity contribution in [3.63, 3.8) is 0 Å². The first-order chi connectivity index (χ1) is 14.4. The van der Waals surface area contributed by atoms with E-state index in [1.807, 2.05) is 12.1 Å². The first-order valence-electron chi connectivity index (χ1n) is 9.38. The number of morpholine rings is 1. The summed E-state index contributed by atoms with van der Waals surface area (Å²) < 4.78 is 5.73. The Balaban J connectivity index is 1.36. The zero-order chi connectivity index (χ0) is 21.5. The molecule has 30 heavy (non-hydrogen) atoms.